The van der Waals surface area contributed by atoms with Crippen LogP contribution in [0.3, 0.4) is 0 Å². The molecule has 26 heavy (non-hydrogen) atoms. The Hall–Kier alpha value is -2.52. The third kappa shape index (κ3) is 4.77. The molecule has 0 radical (unpaired) electrons. The molecule has 0 fully saturated rings. The van der Waals surface area contributed by atoms with Gasteiger partial charge in [-0.25, -0.2) is 0 Å². The zero-order chi connectivity index (χ0) is 19.1. The fourth-order valence-corrected chi connectivity index (χ4v) is 2.95. The van der Waals surface area contributed by atoms with Gasteiger partial charge in [0, 0.05) is 10.9 Å². The van der Waals surface area contributed by atoms with E-state index in [1.807, 2.05) is 57.3 Å². The molecule has 0 bridgehead atoms. The average molecular weight is 351 g/mol. The number of hydrogen-bond donors (Lipinski definition) is 2. The number of phenols is 1. The van der Waals surface area contributed by atoms with Gasteiger partial charge in [-0.1, -0.05) is 25.1 Å². The van der Waals surface area contributed by atoms with Gasteiger partial charge in [0.25, 0.3) is 0 Å². The van der Waals surface area contributed by atoms with Crippen molar-refractivity contribution in [3.05, 3.63) is 65.9 Å². The van der Waals surface area contributed by atoms with Gasteiger partial charge in [0.1, 0.15) is 17.1 Å². The molecule has 3 heteroatoms. The van der Waals surface area contributed by atoms with Crippen LogP contribution in [-0.4, -0.2) is 18.7 Å². The molecule has 0 saturated carbocycles. The second kappa shape index (κ2) is 9.25. The standard InChI is InChI=1S/C19H18O2.C4H11N/c1-4-5-14-8-12(2)19(20)17(10-14)15-6-7-18-16(11-15)9-13(3)21-18;1-3-4-5-2/h4,6-11,20H,1,5H2,2-3H3;5H,3-4H2,1-2H3. The highest BCUT2D eigenvalue weighted by Gasteiger charge is 2.10. The molecule has 2 N–H and O–H groups in total. The lowest BCUT2D eigenvalue weighted by Crippen LogP contribution is -2.04. The van der Waals surface area contributed by atoms with Gasteiger partial charge in [-0.2, -0.15) is 0 Å². The quantitative estimate of drug-likeness (QED) is 0.574. The van der Waals surface area contributed by atoms with Crippen LogP contribution in [0.25, 0.3) is 22.1 Å². The summed E-state index contributed by atoms with van der Waals surface area (Å²) in [6.07, 6.45) is 3.90. The van der Waals surface area contributed by atoms with E-state index in [9.17, 15) is 5.11 Å². The number of aromatic hydroxyl groups is 1. The molecule has 0 amide bonds. The van der Waals surface area contributed by atoms with Crippen molar-refractivity contribution < 1.29 is 9.52 Å². The molecule has 0 aliphatic heterocycles. The predicted octanol–water partition coefficient (Wildman–Crippen LogP) is 5.77. The third-order valence-corrected chi connectivity index (χ3v) is 4.19. The van der Waals surface area contributed by atoms with Crippen molar-refractivity contribution in [1.82, 2.24) is 5.32 Å². The normalized spacial score (nSPS) is 10.5. The van der Waals surface area contributed by atoms with Crippen molar-refractivity contribution in [1.29, 1.82) is 0 Å². The maximum Gasteiger partial charge on any atom is 0.134 e. The van der Waals surface area contributed by atoms with Gasteiger partial charge in [0.2, 0.25) is 0 Å². The van der Waals surface area contributed by atoms with E-state index in [0.717, 1.165) is 51.9 Å². The van der Waals surface area contributed by atoms with Crippen LogP contribution in [0, 0.1) is 13.8 Å². The number of rotatable bonds is 5. The first-order valence-electron chi connectivity index (χ1n) is 9.08. The van der Waals surface area contributed by atoms with E-state index in [-0.39, 0.29) is 0 Å². The molecular formula is C23H29NO2. The van der Waals surface area contributed by atoms with E-state index in [2.05, 4.69) is 24.9 Å². The number of furan rings is 1. The van der Waals surface area contributed by atoms with Crippen LogP contribution < -0.4 is 5.32 Å². The molecule has 1 heterocycles. The first kappa shape index (κ1) is 19.8. The molecule has 3 aromatic rings. The van der Waals surface area contributed by atoms with Crippen LogP contribution in [0.1, 0.15) is 30.2 Å². The Bertz CT molecular complexity index is 875. The molecule has 0 unspecified atom stereocenters. The predicted molar refractivity (Wildman–Crippen MR) is 111 cm³/mol. The van der Waals surface area contributed by atoms with Crippen LogP contribution in [0.15, 0.2) is 53.5 Å². The zero-order valence-electron chi connectivity index (χ0n) is 16.2. The second-order valence-electron chi connectivity index (χ2n) is 6.51. The Morgan fingerprint density at radius 3 is 2.54 bits per heavy atom. The van der Waals surface area contributed by atoms with E-state index in [1.54, 1.807) is 0 Å². The Morgan fingerprint density at radius 2 is 1.92 bits per heavy atom. The van der Waals surface area contributed by atoms with Crippen LogP contribution in [0.5, 0.6) is 5.75 Å². The Kier molecular flexibility index (Phi) is 7.05. The van der Waals surface area contributed by atoms with E-state index < -0.39 is 0 Å². The number of benzene rings is 2. The van der Waals surface area contributed by atoms with E-state index in [4.69, 9.17) is 4.42 Å². The summed E-state index contributed by atoms with van der Waals surface area (Å²) in [5.41, 5.74) is 4.75. The summed E-state index contributed by atoms with van der Waals surface area (Å²) in [5.74, 6) is 1.23. The van der Waals surface area contributed by atoms with Crippen LogP contribution in [0.2, 0.25) is 0 Å². The Labute approximate surface area is 156 Å². The molecule has 138 valence electrons. The molecular weight excluding hydrogens is 322 g/mol. The van der Waals surface area contributed by atoms with Gasteiger partial charge in [0.05, 0.1) is 0 Å². The average Bonchev–Trinajstić information content (AvgIpc) is 2.98. The number of hydrogen-bond acceptors (Lipinski definition) is 3. The smallest absolute Gasteiger partial charge is 0.134 e. The minimum Gasteiger partial charge on any atom is -0.507 e. The van der Waals surface area contributed by atoms with Gasteiger partial charge in [-0.15, -0.1) is 6.58 Å². The van der Waals surface area contributed by atoms with Crippen molar-refractivity contribution in [3.63, 3.8) is 0 Å². The van der Waals surface area contributed by atoms with E-state index >= 15 is 0 Å². The van der Waals surface area contributed by atoms with E-state index in [0.29, 0.717) is 5.75 Å². The lowest BCUT2D eigenvalue weighted by molar-refractivity contribution is 0.473. The van der Waals surface area contributed by atoms with Crippen molar-refractivity contribution in [2.75, 3.05) is 13.6 Å². The molecule has 0 atom stereocenters. The SMILES string of the molecule is C=CCc1cc(C)c(O)c(-c2ccc3oc(C)cc3c2)c1.CCCNC. The van der Waals surface area contributed by atoms with Gasteiger partial charge in [0.15, 0.2) is 0 Å². The van der Waals surface area contributed by atoms with Crippen molar-refractivity contribution >= 4 is 11.0 Å². The number of fused-ring (bicyclic) bond motifs is 1. The van der Waals surface area contributed by atoms with Crippen molar-refractivity contribution in [3.8, 4) is 16.9 Å². The van der Waals surface area contributed by atoms with Crippen molar-refractivity contribution in [2.45, 2.75) is 33.6 Å². The Morgan fingerprint density at radius 1 is 1.15 bits per heavy atom. The lowest BCUT2D eigenvalue weighted by atomic mass is 9.97. The minimum absolute atomic E-state index is 0.336. The summed E-state index contributed by atoms with van der Waals surface area (Å²) >= 11 is 0. The molecule has 3 rings (SSSR count). The molecule has 1 aromatic heterocycles. The number of nitrogens with one attached hydrogen (secondary N) is 1. The van der Waals surface area contributed by atoms with Gasteiger partial charge in [-0.05, 0) is 81.2 Å². The highest BCUT2D eigenvalue weighted by molar-refractivity contribution is 5.85. The third-order valence-electron chi connectivity index (χ3n) is 4.19. The summed E-state index contributed by atoms with van der Waals surface area (Å²) in [6, 6.07) is 12.0. The van der Waals surface area contributed by atoms with Gasteiger partial charge < -0.3 is 14.8 Å². The highest BCUT2D eigenvalue weighted by atomic mass is 16.3. The zero-order valence-corrected chi connectivity index (χ0v) is 16.2. The van der Waals surface area contributed by atoms with Gasteiger partial charge >= 0.3 is 0 Å². The summed E-state index contributed by atoms with van der Waals surface area (Å²) in [4.78, 5) is 0. The molecule has 0 aliphatic rings. The summed E-state index contributed by atoms with van der Waals surface area (Å²) < 4.78 is 5.60. The summed E-state index contributed by atoms with van der Waals surface area (Å²) in [6.45, 7) is 10.9. The van der Waals surface area contributed by atoms with Crippen LogP contribution in [0.4, 0.5) is 0 Å². The fourth-order valence-electron chi connectivity index (χ4n) is 2.95. The van der Waals surface area contributed by atoms with Crippen LogP contribution in [-0.2, 0) is 6.42 Å². The summed E-state index contributed by atoms with van der Waals surface area (Å²) in [5, 5.41) is 14.4. The molecule has 0 spiro atoms. The van der Waals surface area contributed by atoms with E-state index in [1.165, 1.54) is 6.42 Å². The first-order chi connectivity index (χ1) is 12.5. The molecule has 3 nitrogen and oxygen atoms in total. The highest BCUT2D eigenvalue weighted by Crippen LogP contribution is 2.35. The maximum atomic E-state index is 10.4. The number of aryl methyl sites for hydroxylation is 2. The molecule has 0 saturated heterocycles. The lowest BCUT2D eigenvalue weighted by Gasteiger charge is -2.10. The van der Waals surface area contributed by atoms with Gasteiger partial charge in [-0.3, -0.25) is 0 Å². The summed E-state index contributed by atoms with van der Waals surface area (Å²) in [7, 11) is 1.96. The maximum absolute atomic E-state index is 10.4. The Balaban J connectivity index is 0.000000431. The molecule has 2 aromatic carbocycles. The second-order valence-corrected chi connectivity index (χ2v) is 6.51. The monoisotopic (exact) mass is 351 g/mol. The van der Waals surface area contributed by atoms with Crippen molar-refractivity contribution in [2.24, 2.45) is 0 Å². The molecule has 0 aliphatic carbocycles. The minimum atomic E-state index is 0.336. The number of allylic oxidation sites excluding steroid dienone is 1. The topological polar surface area (TPSA) is 45.4 Å². The van der Waals surface area contributed by atoms with Crippen LogP contribution >= 0.6 is 0 Å². The first-order valence-corrected chi connectivity index (χ1v) is 9.08. The number of phenolic OH excluding ortho intramolecular Hbond substituents is 1. The largest absolute Gasteiger partial charge is 0.507 e. The fraction of sp³-hybridized carbons (Fsp3) is 0.304.